The number of fused-ring (bicyclic) bond motifs is 4. The Morgan fingerprint density at radius 3 is 2.18 bits per heavy atom. The number of anilines is 2. The highest BCUT2D eigenvalue weighted by Gasteiger charge is 2.36. The number of halogens is 2. The van der Waals surface area contributed by atoms with Gasteiger partial charge in [0, 0.05) is 73.2 Å². The predicted molar refractivity (Wildman–Crippen MR) is 264 cm³/mol. The topological polar surface area (TPSA) is 110 Å². The molecule has 5 heterocycles. The molecular formula is C52H53Cl2N7O3S. The lowest BCUT2D eigenvalue weighted by Crippen LogP contribution is -2.55. The van der Waals surface area contributed by atoms with Crippen LogP contribution in [-0.4, -0.2) is 93.0 Å². The quantitative estimate of drug-likeness (QED) is 0.155. The summed E-state index contributed by atoms with van der Waals surface area (Å²) in [5.41, 5.74) is 12.6. The number of allylic oxidation sites excluding steroid dienone is 1. The van der Waals surface area contributed by atoms with Crippen molar-refractivity contribution in [3.8, 4) is 5.00 Å². The molecular weight excluding hydrogens is 874 g/mol. The van der Waals surface area contributed by atoms with Crippen LogP contribution >= 0.6 is 34.5 Å². The number of carbonyl (C=O) groups is 1. The van der Waals surface area contributed by atoms with E-state index in [1.165, 1.54) is 21.7 Å². The molecule has 1 atom stereocenters. The number of aliphatic hydroxyl groups is 1. The number of hydrogen-bond acceptors (Lipinski definition) is 9. The molecule has 1 aliphatic carbocycles. The molecule has 3 aliphatic heterocycles. The number of aromatic nitrogens is 3. The molecule has 0 radical (unpaired) electrons. The van der Waals surface area contributed by atoms with Crippen LogP contribution in [0.1, 0.15) is 104 Å². The smallest absolute Gasteiger partial charge is 0.335 e. The van der Waals surface area contributed by atoms with Gasteiger partial charge in [0.2, 0.25) is 0 Å². The van der Waals surface area contributed by atoms with Gasteiger partial charge >= 0.3 is 5.97 Å². The standard InChI is InChI=1S/C52H53Cl2N7O3S/c1-31-33(3)65-50-45(31)48(55-32(2)49-57-56-34(4)61(49)50)36-13-18-39(19-14-36)59-23-21-52(64,22-24-59)30-58-25-27-60(28-26-58)40-16-11-35(12-17-40)46-41-20-15-38(51(62)63)29-37(41)7-5-8-42(46)43-9-6-10-44(53)47(43)54/h6,9-20,29,32,64H,5,7-8,21-28,30H2,1-4H3,(H,62,63)/t32-/m0/s1. The molecule has 0 bridgehead atoms. The highest BCUT2D eigenvalue weighted by molar-refractivity contribution is 7.15. The van der Waals surface area contributed by atoms with Crippen molar-refractivity contribution in [1.29, 1.82) is 0 Å². The molecule has 0 saturated carbocycles. The van der Waals surface area contributed by atoms with Crippen molar-refractivity contribution in [3.63, 3.8) is 0 Å². The second-order valence-electron chi connectivity index (χ2n) is 18.1. The molecule has 0 unspecified atom stereocenters. The number of aryl methyl sites for hydroxylation is 3. The van der Waals surface area contributed by atoms with Crippen LogP contribution in [-0.2, 0) is 6.42 Å². The fourth-order valence-corrected chi connectivity index (χ4v) is 12.0. The van der Waals surface area contributed by atoms with Crippen molar-refractivity contribution in [1.82, 2.24) is 19.7 Å². The van der Waals surface area contributed by atoms with Gasteiger partial charge in [0.15, 0.2) is 5.82 Å². The van der Waals surface area contributed by atoms with Crippen LogP contribution in [0, 0.1) is 20.8 Å². The number of thiophene rings is 1. The summed E-state index contributed by atoms with van der Waals surface area (Å²) in [5, 5.41) is 32.8. The number of aliphatic imine (C=N–C) groups is 1. The normalized spacial score (nSPS) is 18.7. The Hall–Kier alpha value is -5.30. The highest BCUT2D eigenvalue weighted by Crippen LogP contribution is 2.44. The van der Waals surface area contributed by atoms with Gasteiger partial charge in [-0.3, -0.25) is 14.5 Å². The highest BCUT2D eigenvalue weighted by atomic mass is 35.5. The summed E-state index contributed by atoms with van der Waals surface area (Å²) in [4.78, 5) is 25.7. The van der Waals surface area contributed by atoms with Crippen molar-refractivity contribution in [2.75, 3.05) is 55.6 Å². The summed E-state index contributed by atoms with van der Waals surface area (Å²) < 4.78 is 2.18. The SMILES string of the molecule is Cc1sc2c(c1C)C(c1ccc(N3CCC(O)(CN4CCN(c5ccc(C6=C(c7cccc(Cl)c7Cl)CCCc7cc(C(=O)O)ccc76)cc5)CC4)CC3)cc1)=N[C@@H](C)c1nnc(C)n1-2. The third-order valence-electron chi connectivity index (χ3n) is 14.0. The van der Waals surface area contributed by atoms with E-state index in [0.717, 1.165) is 138 Å². The first kappa shape index (κ1) is 43.6. The van der Waals surface area contributed by atoms with E-state index in [0.29, 0.717) is 22.2 Å². The number of piperazine rings is 1. The Morgan fingerprint density at radius 1 is 0.815 bits per heavy atom. The van der Waals surface area contributed by atoms with Crippen LogP contribution in [0.4, 0.5) is 11.4 Å². The minimum Gasteiger partial charge on any atom is -0.478 e. The maximum Gasteiger partial charge on any atom is 0.335 e. The van der Waals surface area contributed by atoms with Gasteiger partial charge in [-0.1, -0.05) is 65.7 Å². The lowest BCUT2D eigenvalue weighted by molar-refractivity contribution is -0.0173. The zero-order chi connectivity index (χ0) is 45.1. The van der Waals surface area contributed by atoms with Gasteiger partial charge in [0.05, 0.1) is 26.9 Å². The number of rotatable bonds is 8. The number of benzene rings is 4. The lowest BCUT2D eigenvalue weighted by Gasteiger charge is -2.44. The molecule has 334 valence electrons. The second kappa shape index (κ2) is 17.5. The summed E-state index contributed by atoms with van der Waals surface area (Å²) in [6.07, 6.45) is 3.85. The molecule has 0 amide bonds. The minimum atomic E-state index is -0.925. The summed E-state index contributed by atoms with van der Waals surface area (Å²) >= 11 is 15.2. The first-order valence-corrected chi connectivity index (χ1v) is 24.2. The molecule has 65 heavy (non-hydrogen) atoms. The third-order valence-corrected chi connectivity index (χ3v) is 16.0. The largest absolute Gasteiger partial charge is 0.478 e. The van der Waals surface area contributed by atoms with E-state index in [-0.39, 0.29) is 6.04 Å². The molecule has 2 N–H and O–H groups in total. The van der Waals surface area contributed by atoms with E-state index >= 15 is 0 Å². The van der Waals surface area contributed by atoms with Crippen molar-refractivity contribution in [3.05, 3.63) is 156 Å². The van der Waals surface area contributed by atoms with Crippen LogP contribution in [0.15, 0.2) is 89.9 Å². The summed E-state index contributed by atoms with van der Waals surface area (Å²) in [7, 11) is 0. The molecule has 10 rings (SSSR count). The number of carboxylic acids is 1. The first-order valence-electron chi connectivity index (χ1n) is 22.7. The third kappa shape index (κ3) is 8.20. The van der Waals surface area contributed by atoms with E-state index in [1.54, 1.807) is 17.4 Å². The zero-order valence-corrected chi connectivity index (χ0v) is 39.6. The van der Waals surface area contributed by atoms with Gasteiger partial charge in [-0.15, -0.1) is 21.5 Å². The van der Waals surface area contributed by atoms with Crippen molar-refractivity contribution >= 4 is 68.7 Å². The number of hydrogen-bond donors (Lipinski definition) is 2. The Bertz CT molecular complexity index is 2870. The molecule has 6 aromatic rings. The number of nitrogens with zero attached hydrogens (tertiary/aromatic N) is 7. The van der Waals surface area contributed by atoms with Gasteiger partial charge in [-0.25, -0.2) is 4.79 Å². The molecule has 0 spiro atoms. The maximum absolute atomic E-state index is 11.9. The number of β-amino-alcohol motifs (C(OH)–C–C–N with tert-alkyl or cyclic N) is 1. The molecule has 2 saturated heterocycles. The molecule has 10 nitrogen and oxygen atoms in total. The molecule has 13 heteroatoms. The van der Waals surface area contributed by atoms with E-state index < -0.39 is 11.6 Å². The number of aromatic carboxylic acids is 1. The van der Waals surface area contributed by atoms with Gasteiger partial charge < -0.3 is 20.0 Å². The average molecular weight is 927 g/mol. The monoisotopic (exact) mass is 925 g/mol. The van der Waals surface area contributed by atoms with Gasteiger partial charge in [-0.2, -0.15) is 0 Å². The predicted octanol–water partition coefficient (Wildman–Crippen LogP) is 10.6. The molecule has 2 aromatic heterocycles. The van der Waals surface area contributed by atoms with Crippen LogP contribution in [0.5, 0.6) is 0 Å². The van der Waals surface area contributed by atoms with Crippen LogP contribution < -0.4 is 9.80 Å². The van der Waals surface area contributed by atoms with Crippen LogP contribution in [0.2, 0.25) is 10.0 Å². The summed E-state index contributed by atoms with van der Waals surface area (Å²) in [5.74, 6) is 0.827. The average Bonchev–Trinajstić information content (AvgIpc) is 3.71. The van der Waals surface area contributed by atoms with Crippen molar-refractivity contribution < 1.29 is 15.0 Å². The Morgan fingerprint density at radius 2 is 1.49 bits per heavy atom. The summed E-state index contributed by atoms with van der Waals surface area (Å²) in [6, 6.07) is 28.7. The number of piperidine rings is 1. The fourth-order valence-electron chi connectivity index (χ4n) is 10.3. The van der Waals surface area contributed by atoms with Crippen molar-refractivity contribution in [2.45, 2.75) is 71.4 Å². The van der Waals surface area contributed by atoms with Gasteiger partial charge in [-0.05, 0) is 141 Å². The molecule has 4 aliphatic rings. The molecule has 4 aromatic carbocycles. The second-order valence-corrected chi connectivity index (χ2v) is 20.1. The lowest BCUT2D eigenvalue weighted by atomic mass is 9.87. The van der Waals surface area contributed by atoms with E-state index in [4.69, 9.17) is 28.2 Å². The Balaban J connectivity index is 0.788. The fraction of sp³-hybridized carbons (Fsp3) is 0.346. The minimum absolute atomic E-state index is 0.122. The summed E-state index contributed by atoms with van der Waals surface area (Å²) in [6.45, 7) is 14.2. The van der Waals surface area contributed by atoms with Gasteiger partial charge in [0.25, 0.3) is 0 Å². The zero-order valence-electron chi connectivity index (χ0n) is 37.2. The first-order chi connectivity index (χ1) is 31.4. The Labute approximate surface area is 394 Å². The number of carboxylic acid groups (broad SMARTS) is 1. The van der Waals surface area contributed by atoms with Crippen LogP contribution in [0.3, 0.4) is 0 Å². The maximum atomic E-state index is 11.9. The van der Waals surface area contributed by atoms with E-state index in [2.05, 4.69) is 98.8 Å². The van der Waals surface area contributed by atoms with Crippen molar-refractivity contribution in [2.24, 2.45) is 4.99 Å². The molecule has 2 fully saturated rings. The van der Waals surface area contributed by atoms with Crippen LogP contribution in [0.25, 0.3) is 16.1 Å². The van der Waals surface area contributed by atoms with Gasteiger partial charge in [0.1, 0.15) is 16.9 Å². The Kier molecular flexibility index (Phi) is 11.7. The van der Waals surface area contributed by atoms with E-state index in [1.807, 2.05) is 37.3 Å². The van der Waals surface area contributed by atoms with E-state index in [9.17, 15) is 15.0 Å².